The third-order valence-corrected chi connectivity index (χ3v) is 6.86. The van der Waals surface area contributed by atoms with Crippen LogP contribution in [0.5, 0.6) is 0 Å². The van der Waals surface area contributed by atoms with Gasteiger partial charge in [-0.2, -0.15) is 0 Å². The molecule has 0 rings (SSSR count). The van der Waals surface area contributed by atoms with Gasteiger partial charge in [0.2, 0.25) is 5.91 Å². The summed E-state index contributed by atoms with van der Waals surface area (Å²) in [7, 11) is 1.00. The SMILES string of the molecule is CC(C)CO.CCCCCCCCCCCCN(CCCCCCCCCCCC)C(=O)CC(C)C.CO. The highest BCUT2D eigenvalue weighted by Gasteiger charge is 2.14. The maximum Gasteiger partial charge on any atom is 0.222 e. The third kappa shape index (κ3) is 37.5. The van der Waals surface area contributed by atoms with Crippen molar-refractivity contribution in [3.63, 3.8) is 0 Å². The fourth-order valence-electron chi connectivity index (χ4n) is 4.42. The Hall–Kier alpha value is -0.610. The molecule has 0 saturated heterocycles. The molecule has 0 aliphatic rings. The quantitative estimate of drug-likeness (QED) is 0.113. The number of nitrogens with zero attached hydrogens (tertiary/aromatic N) is 1. The normalized spacial score (nSPS) is 10.7. The van der Waals surface area contributed by atoms with E-state index in [-0.39, 0.29) is 0 Å². The second-order valence-corrected chi connectivity index (χ2v) is 11.9. The molecule has 0 saturated carbocycles. The van der Waals surface area contributed by atoms with Crippen LogP contribution in [0.3, 0.4) is 0 Å². The molecule has 0 aromatic heterocycles. The predicted molar refractivity (Wildman–Crippen MR) is 170 cm³/mol. The molecular formula is C34H73NO3. The average Bonchev–Trinajstić information content (AvgIpc) is 2.90. The Morgan fingerprint density at radius 2 is 0.789 bits per heavy atom. The van der Waals surface area contributed by atoms with Crippen LogP contribution in [0, 0.1) is 11.8 Å². The summed E-state index contributed by atoms with van der Waals surface area (Å²) in [6.45, 7) is 15.1. The van der Waals surface area contributed by atoms with Crippen LogP contribution in [0.4, 0.5) is 0 Å². The molecular weight excluding hydrogens is 470 g/mol. The minimum absolute atomic E-state index is 0.306. The predicted octanol–water partition coefficient (Wildman–Crippen LogP) is 9.95. The van der Waals surface area contributed by atoms with Crippen molar-refractivity contribution in [3.05, 3.63) is 0 Å². The number of carbonyl (C=O) groups excluding carboxylic acids is 1. The zero-order valence-electron chi connectivity index (χ0n) is 27.4. The maximum absolute atomic E-state index is 12.7. The van der Waals surface area contributed by atoms with E-state index in [0.29, 0.717) is 24.3 Å². The number of aliphatic hydroxyl groups excluding tert-OH is 2. The lowest BCUT2D eigenvalue weighted by Gasteiger charge is -2.24. The van der Waals surface area contributed by atoms with Crippen molar-refractivity contribution >= 4 is 5.91 Å². The summed E-state index contributed by atoms with van der Waals surface area (Å²) < 4.78 is 0. The second-order valence-electron chi connectivity index (χ2n) is 11.9. The van der Waals surface area contributed by atoms with Crippen molar-refractivity contribution < 1.29 is 15.0 Å². The summed E-state index contributed by atoms with van der Waals surface area (Å²) in [6.07, 6.45) is 27.9. The van der Waals surface area contributed by atoms with Crippen LogP contribution >= 0.6 is 0 Å². The van der Waals surface area contributed by atoms with Gasteiger partial charge in [0.15, 0.2) is 0 Å². The van der Waals surface area contributed by atoms with E-state index < -0.39 is 0 Å². The molecule has 38 heavy (non-hydrogen) atoms. The van der Waals surface area contributed by atoms with E-state index in [1.165, 1.54) is 128 Å². The van der Waals surface area contributed by atoms with Gasteiger partial charge >= 0.3 is 0 Å². The van der Waals surface area contributed by atoms with Gasteiger partial charge in [-0.15, -0.1) is 0 Å². The third-order valence-electron chi connectivity index (χ3n) is 6.86. The highest BCUT2D eigenvalue weighted by Crippen LogP contribution is 2.14. The van der Waals surface area contributed by atoms with Crippen LogP contribution in [-0.4, -0.2) is 47.8 Å². The highest BCUT2D eigenvalue weighted by atomic mass is 16.3. The molecule has 0 fully saturated rings. The lowest BCUT2D eigenvalue weighted by Crippen LogP contribution is -2.33. The van der Waals surface area contributed by atoms with Gasteiger partial charge < -0.3 is 15.1 Å². The Kier molecular flexibility index (Phi) is 40.1. The monoisotopic (exact) mass is 544 g/mol. The van der Waals surface area contributed by atoms with E-state index in [2.05, 4.69) is 32.6 Å². The Labute approximate surface area is 240 Å². The molecule has 0 radical (unpaired) electrons. The molecule has 0 aliphatic carbocycles. The number of hydrogen-bond donors (Lipinski definition) is 2. The first-order chi connectivity index (χ1) is 18.4. The summed E-state index contributed by atoms with van der Waals surface area (Å²) in [5, 5.41) is 15.1. The zero-order valence-corrected chi connectivity index (χ0v) is 27.4. The highest BCUT2D eigenvalue weighted by molar-refractivity contribution is 5.76. The molecule has 232 valence electrons. The standard InChI is InChI=1S/C29H59NO.C4H10O.CH4O/c1-5-7-9-11-13-15-17-19-21-23-25-30(29(31)27-28(3)4)26-24-22-20-18-16-14-12-10-8-6-2;1-4(2)3-5;1-2/h28H,5-27H2,1-4H3;4-5H,3H2,1-2H3;2H,1H3. The zero-order chi connectivity index (χ0) is 29.3. The first-order valence-corrected chi connectivity index (χ1v) is 16.7. The number of aliphatic hydroxyl groups is 2. The number of hydrogen-bond acceptors (Lipinski definition) is 3. The topological polar surface area (TPSA) is 60.8 Å². The van der Waals surface area contributed by atoms with E-state index in [0.717, 1.165) is 26.6 Å². The number of amides is 1. The maximum atomic E-state index is 12.7. The second kappa shape index (κ2) is 36.4. The Morgan fingerprint density at radius 1 is 0.526 bits per heavy atom. The molecule has 4 heteroatoms. The number of unbranched alkanes of at least 4 members (excludes halogenated alkanes) is 18. The van der Waals surface area contributed by atoms with Crippen molar-refractivity contribution in [2.24, 2.45) is 11.8 Å². The minimum atomic E-state index is 0.306. The van der Waals surface area contributed by atoms with Crippen molar-refractivity contribution in [3.8, 4) is 0 Å². The van der Waals surface area contributed by atoms with E-state index >= 15 is 0 Å². The molecule has 2 N–H and O–H groups in total. The molecule has 0 atom stereocenters. The smallest absolute Gasteiger partial charge is 0.222 e. The molecule has 0 aromatic rings. The molecule has 0 heterocycles. The Balaban J connectivity index is -0.00000155. The Bertz CT molecular complexity index is 402. The molecule has 4 nitrogen and oxygen atoms in total. The van der Waals surface area contributed by atoms with Crippen LogP contribution < -0.4 is 0 Å². The summed E-state index contributed by atoms with van der Waals surface area (Å²) >= 11 is 0. The molecule has 1 amide bonds. The van der Waals surface area contributed by atoms with Gasteiger partial charge in [0.05, 0.1) is 0 Å². The van der Waals surface area contributed by atoms with E-state index in [9.17, 15) is 4.79 Å². The molecule has 0 aromatic carbocycles. The molecule has 0 aliphatic heterocycles. The fraction of sp³-hybridized carbons (Fsp3) is 0.971. The van der Waals surface area contributed by atoms with Gasteiger partial charge in [-0.3, -0.25) is 4.79 Å². The summed E-state index contributed by atoms with van der Waals surface area (Å²) in [5.41, 5.74) is 0. The van der Waals surface area contributed by atoms with Crippen molar-refractivity contribution in [2.75, 3.05) is 26.8 Å². The molecule has 0 bridgehead atoms. The van der Waals surface area contributed by atoms with Crippen LogP contribution in [0.2, 0.25) is 0 Å². The van der Waals surface area contributed by atoms with Crippen LogP contribution in [0.1, 0.15) is 176 Å². The lowest BCUT2D eigenvalue weighted by molar-refractivity contribution is -0.132. The summed E-state index contributed by atoms with van der Waals surface area (Å²) in [4.78, 5) is 14.9. The van der Waals surface area contributed by atoms with Crippen molar-refractivity contribution in [1.29, 1.82) is 0 Å². The van der Waals surface area contributed by atoms with Crippen LogP contribution in [0.25, 0.3) is 0 Å². The van der Waals surface area contributed by atoms with Gasteiger partial charge in [-0.25, -0.2) is 0 Å². The fourth-order valence-corrected chi connectivity index (χ4v) is 4.42. The summed E-state index contributed by atoms with van der Waals surface area (Å²) in [6, 6.07) is 0. The van der Waals surface area contributed by atoms with E-state index in [1.54, 1.807) is 0 Å². The van der Waals surface area contributed by atoms with Gasteiger partial charge in [0.1, 0.15) is 0 Å². The van der Waals surface area contributed by atoms with Crippen molar-refractivity contribution in [2.45, 2.75) is 176 Å². The van der Waals surface area contributed by atoms with Crippen molar-refractivity contribution in [1.82, 2.24) is 4.90 Å². The largest absolute Gasteiger partial charge is 0.400 e. The van der Waals surface area contributed by atoms with E-state index in [4.69, 9.17) is 10.2 Å². The van der Waals surface area contributed by atoms with Crippen LogP contribution in [-0.2, 0) is 4.79 Å². The lowest BCUT2D eigenvalue weighted by atomic mass is 10.1. The first-order valence-electron chi connectivity index (χ1n) is 16.7. The summed E-state index contributed by atoms with van der Waals surface area (Å²) in [5.74, 6) is 1.30. The Morgan fingerprint density at radius 3 is 1.03 bits per heavy atom. The van der Waals surface area contributed by atoms with Crippen LogP contribution in [0.15, 0.2) is 0 Å². The average molecular weight is 544 g/mol. The number of carbonyl (C=O) groups is 1. The van der Waals surface area contributed by atoms with Gasteiger partial charge in [0.25, 0.3) is 0 Å². The molecule has 0 unspecified atom stereocenters. The minimum Gasteiger partial charge on any atom is -0.400 e. The first kappa shape index (κ1) is 41.9. The van der Waals surface area contributed by atoms with Gasteiger partial charge in [-0.1, -0.05) is 157 Å². The molecule has 0 spiro atoms. The van der Waals surface area contributed by atoms with Gasteiger partial charge in [0, 0.05) is 33.2 Å². The van der Waals surface area contributed by atoms with E-state index in [1.807, 2.05) is 13.8 Å². The number of rotatable bonds is 25. The van der Waals surface area contributed by atoms with Gasteiger partial charge in [-0.05, 0) is 24.7 Å².